The van der Waals surface area contributed by atoms with Crippen LogP contribution in [0.15, 0.2) is 0 Å². The van der Waals surface area contributed by atoms with Gasteiger partial charge in [0.05, 0.1) is 6.61 Å². The second-order valence-electron chi connectivity index (χ2n) is 2.86. The van der Waals surface area contributed by atoms with Gasteiger partial charge in [-0.1, -0.05) is 0 Å². The van der Waals surface area contributed by atoms with Gasteiger partial charge in [-0.3, -0.25) is 10.2 Å². The van der Waals surface area contributed by atoms with Gasteiger partial charge in [0, 0.05) is 25.9 Å². The minimum atomic E-state index is -0.447. The first kappa shape index (κ1) is 9.98. The fourth-order valence-electron chi connectivity index (χ4n) is 1.16. The number of ketones is 1. The molecule has 1 rings (SSSR count). The summed E-state index contributed by atoms with van der Waals surface area (Å²) in [6, 6.07) is 0. The molecule has 0 aromatic heterocycles. The number of nitrogens with zero attached hydrogens (tertiary/aromatic N) is 1. The molecule has 0 aliphatic carbocycles. The molecule has 0 aromatic carbocycles. The zero-order valence-electron chi connectivity index (χ0n) is 7.71. The van der Waals surface area contributed by atoms with E-state index in [0.29, 0.717) is 32.5 Å². The van der Waals surface area contributed by atoms with Gasteiger partial charge in [-0.15, -0.1) is 0 Å². The Morgan fingerprint density at radius 2 is 2.15 bits per heavy atom. The Morgan fingerprint density at radius 3 is 2.69 bits per heavy atom. The number of hydrogen-bond donors (Lipinski definition) is 1. The van der Waals surface area contributed by atoms with Crippen molar-refractivity contribution in [2.45, 2.75) is 19.8 Å². The van der Waals surface area contributed by atoms with Gasteiger partial charge in [0.25, 0.3) is 0 Å². The molecule has 0 radical (unpaired) electrons. The van der Waals surface area contributed by atoms with Gasteiger partial charge in [-0.2, -0.15) is 0 Å². The first-order valence-electron chi connectivity index (χ1n) is 4.42. The third kappa shape index (κ3) is 3.42. The Kier molecular flexibility index (Phi) is 3.70. The SMILES string of the molecule is CCOC(=O)NN1CCC(=O)CC1. The normalized spacial score (nSPS) is 18.4. The molecule has 0 saturated carbocycles. The summed E-state index contributed by atoms with van der Waals surface area (Å²) < 4.78 is 4.69. The zero-order valence-corrected chi connectivity index (χ0v) is 7.71. The number of Topliss-reactive ketones (excluding diaryl/α,β-unsaturated/α-hetero) is 1. The van der Waals surface area contributed by atoms with Crippen LogP contribution in [0.4, 0.5) is 4.79 Å². The summed E-state index contributed by atoms with van der Waals surface area (Å²) in [4.78, 5) is 21.8. The van der Waals surface area contributed by atoms with Crippen LogP contribution >= 0.6 is 0 Å². The van der Waals surface area contributed by atoms with Crippen LogP contribution in [-0.2, 0) is 9.53 Å². The number of piperidine rings is 1. The molecule has 0 spiro atoms. The summed E-state index contributed by atoms with van der Waals surface area (Å²) in [6.45, 7) is 3.27. The predicted molar refractivity (Wildman–Crippen MR) is 46.0 cm³/mol. The van der Waals surface area contributed by atoms with Crippen molar-refractivity contribution in [1.82, 2.24) is 10.4 Å². The summed E-state index contributed by atoms with van der Waals surface area (Å²) in [5, 5.41) is 1.71. The Hall–Kier alpha value is -1.10. The molecule has 5 heteroatoms. The number of amides is 1. The molecule has 1 aliphatic rings. The van der Waals surface area contributed by atoms with E-state index in [-0.39, 0.29) is 5.78 Å². The van der Waals surface area contributed by atoms with E-state index in [1.165, 1.54) is 0 Å². The lowest BCUT2D eigenvalue weighted by atomic mass is 10.1. The second-order valence-corrected chi connectivity index (χ2v) is 2.86. The van der Waals surface area contributed by atoms with E-state index in [1.54, 1.807) is 11.9 Å². The van der Waals surface area contributed by atoms with E-state index < -0.39 is 6.09 Å². The predicted octanol–water partition coefficient (Wildman–Crippen LogP) is 0.312. The third-order valence-corrected chi connectivity index (χ3v) is 1.85. The van der Waals surface area contributed by atoms with Crippen molar-refractivity contribution >= 4 is 11.9 Å². The van der Waals surface area contributed by atoms with Crippen LogP contribution in [0.2, 0.25) is 0 Å². The quantitative estimate of drug-likeness (QED) is 0.674. The van der Waals surface area contributed by atoms with E-state index in [2.05, 4.69) is 5.43 Å². The summed E-state index contributed by atoms with van der Waals surface area (Å²) in [5.74, 6) is 0.252. The van der Waals surface area contributed by atoms with Crippen molar-refractivity contribution < 1.29 is 14.3 Å². The largest absolute Gasteiger partial charge is 0.449 e. The number of hydrazine groups is 1. The van der Waals surface area contributed by atoms with Gasteiger partial charge in [0.2, 0.25) is 0 Å². The second kappa shape index (κ2) is 4.81. The lowest BCUT2D eigenvalue weighted by Crippen LogP contribution is -2.46. The smallest absolute Gasteiger partial charge is 0.421 e. The number of ether oxygens (including phenoxy) is 1. The van der Waals surface area contributed by atoms with Crippen molar-refractivity contribution in [1.29, 1.82) is 0 Å². The van der Waals surface area contributed by atoms with Gasteiger partial charge in [0.15, 0.2) is 0 Å². The number of nitrogens with one attached hydrogen (secondary N) is 1. The van der Waals surface area contributed by atoms with Crippen molar-refractivity contribution in [3.05, 3.63) is 0 Å². The Labute approximate surface area is 77.0 Å². The summed E-state index contributed by atoms with van der Waals surface area (Å²) >= 11 is 0. The molecule has 0 unspecified atom stereocenters. The topological polar surface area (TPSA) is 58.6 Å². The molecule has 0 bridgehead atoms. The Morgan fingerprint density at radius 1 is 1.54 bits per heavy atom. The molecule has 74 valence electrons. The van der Waals surface area contributed by atoms with Gasteiger partial charge in [-0.05, 0) is 6.92 Å². The first-order chi connectivity index (χ1) is 6.22. The molecule has 1 fully saturated rings. The van der Waals surface area contributed by atoms with Crippen LogP contribution < -0.4 is 5.43 Å². The van der Waals surface area contributed by atoms with Gasteiger partial charge >= 0.3 is 6.09 Å². The van der Waals surface area contributed by atoms with Crippen LogP contribution in [0, 0.1) is 0 Å². The lowest BCUT2D eigenvalue weighted by molar-refractivity contribution is -0.122. The summed E-state index contributed by atoms with van der Waals surface area (Å²) in [5.41, 5.74) is 2.56. The Bertz CT molecular complexity index is 196. The highest BCUT2D eigenvalue weighted by molar-refractivity contribution is 5.79. The maximum absolute atomic E-state index is 10.9. The molecular weight excluding hydrogens is 172 g/mol. The highest BCUT2D eigenvalue weighted by Crippen LogP contribution is 2.02. The fraction of sp³-hybridized carbons (Fsp3) is 0.750. The summed E-state index contributed by atoms with van der Waals surface area (Å²) in [7, 11) is 0. The molecular formula is C8H14N2O3. The molecule has 0 atom stereocenters. The molecule has 1 N–H and O–H groups in total. The number of hydrogen-bond acceptors (Lipinski definition) is 4. The maximum atomic E-state index is 10.9. The van der Waals surface area contributed by atoms with E-state index in [0.717, 1.165) is 0 Å². The molecule has 5 nitrogen and oxygen atoms in total. The molecule has 1 heterocycles. The minimum Gasteiger partial charge on any atom is -0.449 e. The zero-order chi connectivity index (χ0) is 9.68. The van der Waals surface area contributed by atoms with Gasteiger partial charge in [-0.25, -0.2) is 9.80 Å². The first-order valence-corrected chi connectivity index (χ1v) is 4.42. The van der Waals surface area contributed by atoms with Crippen LogP contribution in [0.25, 0.3) is 0 Å². The van der Waals surface area contributed by atoms with E-state index in [9.17, 15) is 9.59 Å². The highest BCUT2D eigenvalue weighted by Gasteiger charge is 2.17. The van der Waals surface area contributed by atoms with E-state index in [1.807, 2.05) is 0 Å². The van der Waals surface area contributed by atoms with Crippen molar-refractivity contribution in [3.8, 4) is 0 Å². The average Bonchev–Trinajstić information content (AvgIpc) is 2.09. The number of carbonyl (C=O) groups excluding carboxylic acids is 2. The van der Waals surface area contributed by atoms with Crippen LogP contribution in [0.5, 0.6) is 0 Å². The van der Waals surface area contributed by atoms with E-state index in [4.69, 9.17) is 4.74 Å². The van der Waals surface area contributed by atoms with Crippen molar-refractivity contribution in [2.24, 2.45) is 0 Å². The van der Waals surface area contributed by atoms with Crippen molar-refractivity contribution in [3.63, 3.8) is 0 Å². The van der Waals surface area contributed by atoms with E-state index >= 15 is 0 Å². The van der Waals surface area contributed by atoms with Crippen LogP contribution in [0.3, 0.4) is 0 Å². The Balaban J connectivity index is 2.22. The number of rotatable bonds is 2. The molecule has 13 heavy (non-hydrogen) atoms. The molecule has 1 aliphatic heterocycles. The molecule has 0 aromatic rings. The van der Waals surface area contributed by atoms with Crippen LogP contribution in [0.1, 0.15) is 19.8 Å². The minimum absolute atomic E-state index is 0.252. The number of carbonyl (C=O) groups is 2. The van der Waals surface area contributed by atoms with Crippen molar-refractivity contribution in [2.75, 3.05) is 19.7 Å². The maximum Gasteiger partial charge on any atom is 0.421 e. The molecule has 1 saturated heterocycles. The average molecular weight is 186 g/mol. The standard InChI is InChI=1S/C8H14N2O3/c1-2-13-8(12)9-10-5-3-7(11)4-6-10/h2-6H2,1H3,(H,9,12). The van der Waals surface area contributed by atoms with Gasteiger partial charge in [0.1, 0.15) is 5.78 Å². The third-order valence-electron chi connectivity index (χ3n) is 1.85. The lowest BCUT2D eigenvalue weighted by Gasteiger charge is -2.25. The van der Waals surface area contributed by atoms with Crippen LogP contribution in [-0.4, -0.2) is 36.6 Å². The molecule has 1 amide bonds. The highest BCUT2D eigenvalue weighted by atomic mass is 16.6. The fourth-order valence-corrected chi connectivity index (χ4v) is 1.16. The summed E-state index contributed by atoms with van der Waals surface area (Å²) in [6.07, 6.45) is 0.565. The van der Waals surface area contributed by atoms with Gasteiger partial charge < -0.3 is 4.74 Å². The monoisotopic (exact) mass is 186 g/mol.